The van der Waals surface area contributed by atoms with Gasteiger partial charge >= 0.3 is 0 Å². The van der Waals surface area contributed by atoms with E-state index in [4.69, 9.17) is 0 Å². The standard InChI is InChI=1S/C13H18NO/c15-11-13(12-7-3-1-4-8-12)14-9-5-2-6-10-14/h1,3-4,7-8,13H,2,5-6,9-11H2. The van der Waals surface area contributed by atoms with Crippen molar-refractivity contribution in [3.63, 3.8) is 0 Å². The first-order chi connectivity index (χ1) is 7.42. The van der Waals surface area contributed by atoms with Crippen LogP contribution in [-0.4, -0.2) is 24.6 Å². The molecule has 2 heteroatoms. The molecule has 81 valence electrons. The molecule has 1 saturated heterocycles. The number of benzene rings is 1. The van der Waals surface area contributed by atoms with Crippen LogP contribution in [0, 0.1) is 0 Å². The second-order valence-electron chi connectivity index (χ2n) is 4.19. The molecular formula is C13H18NO. The third-order valence-corrected chi connectivity index (χ3v) is 3.17. The zero-order chi connectivity index (χ0) is 10.5. The van der Waals surface area contributed by atoms with Gasteiger partial charge in [-0.2, -0.15) is 0 Å². The Morgan fingerprint density at radius 1 is 1.07 bits per heavy atom. The van der Waals surface area contributed by atoms with E-state index in [0.717, 1.165) is 13.1 Å². The predicted octanol–water partition coefficient (Wildman–Crippen LogP) is 2.64. The van der Waals surface area contributed by atoms with E-state index in [1.54, 1.807) is 0 Å². The van der Waals surface area contributed by atoms with Crippen molar-refractivity contribution in [3.8, 4) is 0 Å². The van der Waals surface area contributed by atoms with Gasteiger partial charge in [0.1, 0.15) is 6.61 Å². The summed E-state index contributed by atoms with van der Waals surface area (Å²) in [5.74, 6) is 0. The van der Waals surface area contributed by atoms with Crippen LogP contribution < -0.4 is 0 Å². The van der Waals surface area contributed by atoms with Crippen molar-refractivity contribution in [1.29, 1.82) is 0 Å². The lowest BCUT2D eigenvalue weighted by molar-refractivity contribution is 0.0688. The first-order valence-electron chi connectivity index (χ1n) is 5.79. The topological polar surface area (TPSA) is 23.1 Å². The molecule has 0 aromatic heterocycles. The van der Waals surface area contributed by atoms with Gasteiger partial charge < -0.3 is 0 Å². The lowest BCUT2D eigenvalue weighted by Crippen LogP contribution is -2.35. The van der Waals surface area contributed by atoms with E-state index < -0.39 is 0 Å². The average molecular weight is 204 g/mol. The number of hydrogen-bond donors (Lipinski definition) is 0. The van der Waals surface area contributed by atoms with Gasteiger partial charge in [-0.1, -0.05) is 36.8 Å². The smallest absolute Gasteiger partial charge is 0.102 e. The van der Waals surface area contributed by atoms with E-state index in [-0.39, 0.29) is 12.6 Å². The van der Waals surface area contributed by atoms with Crippen LogP contribution in [0.1, 0.15) is 30.9 Å². The van der Waals surface area contributed by atoms with Crippen molar-refractivity contribution >= 4 is 0 Å². The van der Waals surface area contributed by atoms with Gasteiger partial charge in [0, 0.05) is 0 Å². The van der Waals surface area contributed by atoms with E-state index in [2.05, 4.69) is 17.0 Å². The molecule has 0 N–H and O–H groups in total. The SMILES string of the molecule is [O]CC(c1ccccc1)N1CCCCC1. The Morgan fingerprint density at radius 2 is 1.73 bits per heavy atom. The molecule has 1 aliphatic heterocycles. The van der Waals surface area contributed by atoms with Crippen molar-refractivity contribution in [2.45, 2.75) is 25.3 Å². The average Bonchev–Trinajstić information content (AvgIpc) is 2.33. The van der Waals surface area contributed by atoms with Crippen LogP contribution in [0.4, 0.5) is 0 Å². The Hall–Kier alpha value is -0.860. The van der Waals surface area contributed by atoms with Gasteiger partial charge in [0.25, 0.3) is 0 Å². The zero-order valence-electron chi connectivity index (χ0n) is 9.06. The van der Waals surface area contributed by atoms with Crippen LogP contribution in [0.3, 0.4) is 0 Å². The van der Waals surface area contributed by atoms with Crippen molar-refractivity contribution in [3.05, 3.63) is 35.9 Å². The molecule has 1 aromatic carbocycles. The molecule has 2 nitrogen and oxygen atoms in total. The van der Waals surface area contributed by atoms with Crippen LogP contribution in [0.2, 0.25) is 0 Å². The lowest BCUT2D eigenvalue weighted by Gasteiger charge is -2.33. The number of likely N-dealkylation sites (tertiary alicyclic amines) is 1. The summed E-state index contributed by atoms with van der Waals surface area (Å²) in [4.78, 5) is 2.34. The van der Waals surface area contributed by atoms with Gasteiger partial charge in [-0.3, -0.25) is 4.90 Å². The van der Waals surface area contributed by atoms with Crippen LogP contribution in [0.5, 0.6) is 0 Å². The summed E-state index contributed by atoms with van der Waals surface area (Å²) in [5.41, 5.74) is 1.18. The first kappa shape index (κ1) is 10.7. The van der Waals surface area contributed by atoms with Gasteiger partial charge in [0.15, 0.2) is 0 Å². The molecular weight excluding hydrogens is 186 g/mol. The minimum absolute atomic E-state index is 0.0238. The van der Waals surface area contributed by atoms with E-state index >= 15 is 0 Å². The van der Waals surface area contributed by atoms with E-state index in [0.29, 0.717) is 0 Å². The molecule has 1 aromatic rings. The fourth-order valence-corrected chi connectivity index (χ4v) is 2.32. The minimum atomic E-state index is -0.0238. The molecule has 15 heavy (non-hydrogen) atoms. The molecule has 1 fully saturated rings. The van der Waals surface area contributed by atoms with Gasteiger partial charge in [0.2, 0.25) is 0 Å². The molecule has 0 spiro atoms. The molecule has 0 aliphatic carbocycles. The van der Waals surface area contributed by atoms with Crippen molar-refractivity contribution < 1.29 is 5.11 Å². The third kappa shape index (κ3) is 2.58. The van der Waals surface area contributed by atoms with Crippen molar-refractivity contribution in [2.24, 2.45) is 0 Å². The molecule has 2 rings (SSSR count). The molecule has 1 heterocycles. The van der Waals surface area contributed by atoms with Gasteiger partial charge in [-0.15, -0.1) is 0 Å². The first-order valence-corrected chi connectivity index (χ1v) is 5.79. The molecule has 0 saturated carbocycles. The molecule has 1 aliphatic rings. The van der Waals surface area contributed by atoms with E-state index in [1.807, 2.05) is 18.2 Å². The minimum Gasteiger partial charge on any atom is -0.294 e. The molecule has 0 bridgehead atoms. The zero-order valence-corrected chi connectivity index (χ0v) is 9.06. The molecule has 1 unspecified atom stereocenters. The summed E-state index contributed by atoms with van der Waals surface area (Å²) in [6.07, 6.45) is 3.80. The number of rotatable bonds is 3. The highest BCUT2D eigenvalue weighted by molar-refractivity contribution is 5.19. The summed E-state index contributed by atoms with van der Waals surface area (Å²) >= 11 is 0. The Kier molecular flexibility index (Phi) is 3.75. The Labute approximate surface area is 91.5 Å². The number of nitrogens with zero attached hydrogens (tertiary/aromatic N) is 1. The third-order valence-electron chi connectivity index (χ3n) is 3.17. The van der Waals surface area contributed by atoms with Crippen LogP contribution >= 0.6 is 0 Å². The largest absolute Gasteiger partial charge is 0.294 e. The number of piperidine rings is 1. The molecule has 1 atom stereocenters. The summed E-state index contributed by atoms with van der Waals surface area (Å²) in [5, 5.41) is 11.3. The van der Waals surface area contributed by atoms with Crippen molar-refractivity contribution in [1.82, 2.24) is 4.90 Å². The second kappa shape index (κ2) is 5.29. The fraction of sp³-hybridized carbons (Fsp3) is 0.538. The van der Waals surface area contributed by atoms with Gasteiger partial charge in [-0.05, 0) is 31.5 Å². The Balaban J connectivity index is 2.09. The molecule has 0 amide bonds. The molecule has 1 radical (unpaired) electrons. The summed E-state index contributed by atoms with van der Waals surface area (Å²) in [6.45, 7) is 2.15. The number of hydrogen-bond acceptors (Lipinski definition) is 1. The Morgan fingerprint density at radius 3 is 2.33 bits per heavy atom. The monoisotopic (exact) mass is 204 g/mol. The van der Waals surface area contributed by atoms with Gasteiger partial charge in [0.05, 0.1) is 6.04 Å². The highest BCUT2D eigenvalue weighted by Crippen LogP contribution is 2.23. The van der Waals surface area contributed by atoms with E-state index in [9.17, 15) is 5.11 Å². The maximum absolute atomic E-state index is 11.3. The summed E-state index contributed by atoms with van der Waals surface area (Å²) < 4.78 is 0. The maximum atomic E-state index is 11.3. The van der Waals surface area contributed by atoms with Crippen LogP contribution in [-0.2, 0) is 5.11 Å². The van der Waals surface area contributed by atoms with E-state index in [1.165, 1.54) is 24.8 Å². The maximum Gasteiger partial charge on any atom is 0.102 e. The van der Waals surface area contributed by atoms with Crippen LogP contribution in [0.15, 0.2) is 30.3 Å². The van der Waals surface area contributed by atoms with Gasteiger partial charge in [-0.25, -0.2) is 5.11 Å². The lowest BCUT2D eigenvalue weighted by atomic mass is 10.0. The van der Waals surface area contributed by atoms with Crippen LogP contribution in [0.25, 0.3) is 0 Å². The highest BCUT2D eigenvalue weighted by atomic mass is 16.3. The fourth-order valence-electron chi connectivity index (χ4n) is 2.32. The highest BCUT2D eigenvalue weighted by Gasteiger charge is 2.21. The normalized spacial score (nSPS) is 20.1. The summed E-state index contributed by atoms with van der Waals surface area (Å²) in [7, 11) is 0. The predicted molar refractivity (Wildman–Crippen MR) is 60.2 cm³/mol. The quantitative estimate of drug-likeness (QED) is 0.742. The Bertz CT molecular complexity index is 280. The summed E-state index contributed by atoms with van der Waals surface area (Å²) in [6, 6.07) is 10.3. The second-order valence-corrected chi connectivity index (χ2v) is 4.19. The van der Waals surface area contributed by atoms with Crippen molar-refractivity contribution in [2.75, 3.05) is 19.7 Å².